The summed E-state index contributed by atoms with van der Waals surface area (Å²) in [5.41, 5.74) is 0. The van der Waals surface area contributed by atoms with E-state index in [0.29, 0.717) is 13.1 Å². The summed E-state index contributed by atoms with van der Waals surface area (Å²) in [6.07, 6.45) is -0.671. The van der Waals surface area contributed by atoms with Gasteiger partial charge in [-0.3, -0.25) is 14.9 Å². The van der Waals surface area contributed by atoms with E-state index in [-0.39, 0.29) is 30.9 Å². The zero-order valence-electron chi connectivity index (χ0n) is 11.9. The van der Waals surface area contributed by atoms with Crippen molar-refractivity contribution >= 4 is 23.9 Å². The van der Waals surface area contributed by atoms with Gasteiger partial charge in [0.15, 0.2) is 0 Å². The number of nitrogens with one attached hydrogen (secondary N) is 4. The number of ether oxygens (including phenoxy) is 1. The van der Waals surface area contributed by atoms with Crippen LogP contribution >= 0.6 is 0 Å². The Kier molecular flexibility index (Phi) is 9.36. The van der Waals surface area contributed by atoms with Gasteiger partial charge in [0, 0.05) is 27.1 Å². The van der Waals surface area contributed by atoms with E-state index in [9.17, 15) is 14.4 Å². The Balaban J connectivity index is 4.34. The molecule has 0 atom stereocenters. The summed E-state index contributed by atoms with van der Waals surface area (Å²) in [6.45, 7) is 3.87. The molecular formula is C11H21N5O4. The number of aliphatic imine (C=N–C) groups is 1. The largest absolute Gasteiger partial charge is 0.450 e. The third-order valence-corrected chi connectivity index (χ3v) is 1.95. The lowest BCUT2D eigenvalue weighted by Crippen LogP contribution is -2.44. The predicted octanol–water partition coefficient (Wildman–Crippen LogP) is -1.44. The van der Waals surface area contributed by atoms with E-state index in [1.807, 2.05) is 0 Å². The highest BCUT2D eigenvalue weighted by molar-refractivity contribution is 5.95. The summed E-state index contributed by atoms with van der Waals surface area (Å²) in [4.78, 5) is 37.0. The number of hydrogen-bond acceptors (Lipinski definition) is 5. The van der Waals surface area contributed by atoms with Gasteiger partial charge in [0.1, 0.15) is 6.54 Å². The summed E-state index contributed by atoms with van der Waals surface area (Å²) in [5, 5.41) is 10.1. The SMILES string of the molecule is CCOC(=O)NC(=NCC(=O)NC)NCCNC(C)=O. The van der Waals surface area contributed by atoms with Gasteiger partial charge in [0.2, 0.25) is 17.8 Å². The van der Waals surface area contributed by atoms with E-state index in [4.69, 9.17) is 4.74 Å². The average Bonchev–Trinajstić information content (AvgIpc) is 2.40. The lowest BCUT2D eigenvalue weighted by atomic mass is 10.5. The highest BCUT2D eigenvalue weighted by Crippen LogP contribution is 1.79. The van der Waals surface area contributed by atoms with Crippen LogP contribution in [-0.2, 0) is 14.3 Å². The number of likely N-dealkylation sites (N-methyl/N-ethyl adjacent to an activating group) is 1. The predicted molar refractivity (Wildman–Crippen MR) is 73.2 cm³/mol. The molecule has 0 aliphatic heterocycles. The van der Waals surface area contributed by atoms with Crippen molar-refractivity contribution in [2.24, 2.45) is 4.99 Å². The number of nitrogens with zero attached hydrogens (tertiary/aromatic N) is 1. The minimum atomic E-state index is -0.671. The van der Waals surface area contributed by atoms with Gasteiger partial charge in [-0.05, 0) is 6.92 Å². The fourth-order valence-electron chi connectivity index (χ4n) is 1.05. The minimum absolute atomic E-state index is 0.109. The molecule has 9 nitrogen and oxygen atoms in total. The number of rotatable bonds is 6. The monoisotopic (exact) mass is 287 g/mol. The molecule has 0 fully saturated rings. The lowest BCUT2D eigenvalue weighted by molar-refractivity contribution is -0.119. The third-order valence-electron chi connectivity index (χ3n) is 1.95. The molecule has 0 saturated heterocycles. The van der Waals surface area contributed by atoms with Gasteiger partial charge < -0.3 is 20.7 Å². The first kappa shape index (κ1) is 17.7. The van der Waals surface area contributed by atoms with Gasteiger partial charge >= 0.3 is 6.09 Å². The van der Waals surface area contributed by atoms with E-state index in [1.165, 1.54) is 14.0 Å². The molecule has 0 saturated carbocycles. The summed E-state index contributed by atoms with van der Waals surface area (Å²) in [5.74, 6) is -0.344. The highest BCUT2D eigenvalue weighted by Gasteiger charge is 2.06. The van der Waals surface area contributed by atoms with Crippen LogP contribution in [0.5, 0.6) is 0 Å². The van der Waals surface area contributed by atoms with E-state index >= 15 is 0 Å². The molecule has 0 bridgehead atoms. The van der Waals surface area contributed by atoms with Gasteiger partial charge in [-0.1, -0.05) is 0 Å². The molecule has 0 aliphatic rings. The molecule has 0 heterocycles. The molecule has 4 N–H and O–H groups in total. The van der Waals surface area contributed by atoms with Crippen LogP contribution in [0.15, 0.2) is 4.99 Å². The summed E-state index contributed by atoms with van der Waals surface area (Å²) >= 11 is 0. The summed E-state index contributed by atoms with van der Waals surface area (Å²) in [6, 6.07) is 0. The van der Waals surface area contributed by atoms with Crippen molar-refractivity contribution < 1.29 is 19.1 Å². The first-order chi connectivity index (χ1) is 9.49. The van der Waals surface area contributed by atoms with Gasteiger partial charge in [-0.15, -0.1) is 0 Å². The number of carbonyl (C=O) groups excluding carboxylic acids is 3. The Bertz CT molecular complexity index is 370. The Labute approximate surface area is 117 Å². The second-order valence-electron chi connectivity index (χ2n) is 3.59. The van der Waals surface area contributed by atoms with Crippen molar-refractivity contribution in [3.05, 3.63) is 0 Å². The highest BCUT2D eigenvalue weighted by atomic mass is 16.5. The molecule has 114 valence electrons. The fraction of sp³-hybridized carbons (Fsp3) is 0.636. The van der Waals surface area contributed by atoms with Crippen molar-refractivity contribution in [2.75, 3.05) is 33.3 Å². The van der Waals surface area contributed by atoms with Crippen LogP contribution in [0, 0.1) is 0 Å². The second-order valence-corrected chi connectivity index (χ2v) is 3.59. The maximum Gasteiger partial charge on any atom is 0.413 e. The number of guanidine groups is 1. The molecule has 0 aromatic rings. The minimum Gasteiger partial charge on any atom is -0.450 e. The molecule has 0 aromatic carbocycles. The van der Waals surface area contributed by atoms with Crippen LogP contribution in [0.1, 0.15) is 13.8 Å². The van der Waals surface area contributed by atoms with Crippen LogP contribution in [0.4, 0.5) is 4.79 Å². The normalized spacial score (nSPS) is 10.4. The van der Waals surface area contributed by atoms with Crippen molar-refractivity contribution in [1.29, 1.82) is 0 Å². The zero-order valence-corrected chi connectivity index (χ0v) is 11.9. The van der Waals surface area contributed by atoms with Crippen LogP contribution in [0.25, 0.3) is 0 Å². The lowest BCUT2D eigenvalue weighted by Gasteiger charge is -2.11. The van der Waals surface area contributed by atoms with Gasteiger partial charge in [0.25, 0.3) is 0 Å². The second kappa shape index (κ2) is 10.6. The number of carbonyl (C=O) groups is 3. The molecule has 0 aliphatic carbocycles. The first-order valence-corrected chi connectivity index (χ1v) is 6.16. The van der Waals surface area contributed by atoms with Crippen molar-refractivity contribution in [2.45, 2.75) is 13.8 Å². The number of amides is 3. The van der Waals surface area contributed by atoms with E-state index in [1.54, 1.807) is 6.92 Å². The number of hydrogen-bond donors (Lipinski definition) is 4. The van der Waals surface area contributed by atoms with Crippen LogP contribution in [0.3, 0.4) is 0 Å². The quantitative estimate of drug-likeness (QED) is 0.271. The maximum absolute atomic E-state index is 11.3. The van der Waals surface area contributed by atoms with Crippen molar-refractivity contribution in [1.82, 2.24) is 21.3 Å². The first-order valence-electron chi connectivity index (χ1n) is 6.16. The van der Waals surface area contributed by atoms with Crippen LogP contribution in [-0.4, -0.2) is 57.2 Å². The molecule has 0 spiro atoms. The van der Waals surface area contributed by atoms with Crippen LogP contribution in [0.2, 0.25) is 0 Å². The fourth-order valence-corrected chi connectivity index (χ4v) is 1.05. The molecule has 9 heteroatoms. The Morgan fingerprint density at radius 3 is 2.35 bits per heavy atom. The molecule has 3 amide bonds. The summed E-state index contributed by atoms with van der Waals surface area (Å²) in [7, 11) is 1.49. The summed E-state index contributed by atoms with van der Waals surface area (Å²) < 4.78 is 4.71. The van der Waals surface area contributed by atoms with Gasteiger partial charge in [-0.2, -0.15) is 0 Å². The van der Waals surface area contributed by atoms with Crippen LogP contribution < -0.4 is 21.3 Å². The maximum atomic E-state index is 11.3. The third kappa shape index (κ3) is 9.68. The topological polar surface area (TPSA) is 121 Å². The Morgan fingerprint density at radius 1 is 1.15 bits per heavy atom. The Hall–Kier alpha value is -2.32. The average molecular weight is 287 g/mol. The number of alkyl carbamates (subject to hydrolysis) is 1. The molecular weight excluding hydrogens is 266 g/mol. The van der Waals surface area contributed by atoms with Gasteiger partial charge in [-0.25, -0.2) is 9.79 Å². The van der Waals surface area contributed by atoms with E-state index in [2.05, 4.69) is 26.3 Å². The van der Waals surface area contributed by atoms with E-state index < -0.39 is 6.09 Å². The van der Waals surface area contributed by atoms with Crippen molar-refractivity contribution in [3.63, 3.8) is 0 Å². The standard InChI is InChI=1S/C11H21N5O4/c1-4-20-11(19)16-10(15-7-9(18)12-3)14-6-5-13-8(2)17/h4-7H2,1-3H3,(H,12,18)(H,13,17)(H2,14,15,16,19). The molecule has 0 aromatic heterocycles. The molecule has 0 radical (unpaired) electrons. The molecule has 0 rings (SSSR count). The van der Waals surface area contributed by atoms with Gasteiger partial charge in [0.05, 0.1) is 6.61 Å². The molecule has 0 unspecified atom stereocenters. The van der Waals surface area contributed by atoms with Crippen molar-refractivity contribution in [3.8, 4) is 0 Å². The zero-order chi connectivity index (χ0) is 15.4. The smallest absolute Gasteiger partial charge is 0.413 e. The van der Waals surface area contributed by atoms with E-state index in [0.717, 1.165) is 0 Å². The molecule has 20 heavy (non-hydrogen) atoms. The Morgan fingerprint density at radius 2 is 1.80 bits per heavy atom.